The molecule has 0 aliphatic carbocycles. The highest BCUT2D eigenvalue weighted by atomic mass is 35.5. The number of methoxy groups -OCH3 is 1. The van der Waals surface area contributed by atoms with E-state index in [1.807, 2.05) is 0 Å². The SMILES string of the molecule is COC(=O)C1=C(N)Oc2[nH]c(=O)[nH]c(=O)c2C1c1ccc(Cl)cc1. The molecule has 4 N–H and O–H groups in total. The number of aromatic amines is 2. The van der Waals surface area contributed by atoms with Gasteiger partial charge in [0.05, 0.1) is 18.6 Å². The number of carbonyl (C=O) groups excluding carboxylic acids is 1. The van der Waals surface area contributed by atoms with Crippen LogP contribution < -0.4 is 21.7 Å². The maximum atomic E-state index is 12.3. The fourth-order valence-corrected chi connectivity index (χ4v) is 2.71. The standard InChI is InChI=1S/C15H12ClN3O5/c1-23-14(21)9-8(6-2-4-7(16)5-3-6)10-12(20)18-15(22)19-13(10)24-11(9)17/h2-5,8H,17H2,1H3,(H2,18,19,20,22). The molecule has 0 saturated heterocycles. The number of halogens is 1. The van der Waals surface area contributed by atoms with Crippen LogP contribution in [0.25, 0.3) is 0 Å². The molecule has 1 atom stereocenters. The summed E-state index contributed by atoms with van der Waals surface area (Å²) in [6, 6.07) is 6.50. The number of nitrogens with two attached hydrogens (primary N) is 1. The smallest absolute Gasteiger partial charge is 0.340 e. The third-order valence-electron chi connectivity index (χ3n) is 3.61. The minimum atomic E-state index is -0.876. The van der Waals surface area contributed by atoms with Gasteiger partial charge in [-0.15, -0.1) is 0 Å². The van der Waals surface area contributed by atoms with Gasteiger partial charge >= 0.3 is 11.7 Å². The number of aromatic nitrogens is 2. The molecule has 8 nitrogen and oxygen atoms in total. The molecule has 1 aliphatic rings. The van der Waals surface area contributed by atoms with E-state index < -0.39 is 23.1 Å². The van der Waals surface area contributed by atoms with Crippen LogP contribution in [0.2, 0.25) is 5.02 Å². The molecular formula is C15H12ClN3O5. The lowest BCUT2D eigenvalue weighted by Gasteiger charge is -2.26. The van der Waals surface area contributed by atoms with Crippen molar-refractivity contribution in [2.45, 2.75) is 5.92 Å². The third-order valence-corrected chi connectivity index (χ3v) is 3.86. The van der Waals surface area contributed by atoms with Crippen molar-refractivity contribution in [2.24, 2.45) is 5.73 Å². The van der Waals surface area contributed by atoms with Gasteiger partial charge in [-0.25, -0.2) is 9.59 Å². The van der Waals surface area contributed by atoms with Crippen molar-refractivity contribution in [1.82, 2.24) is 9.97 Å². The molecule has 9 heteroatoms. The van der Waals surface area contributed by atoms with Crippen LogP contribution >= 0.6 is 11.6 Å². The minimum absolute atomic E-state index is 0.0372. The molecule has 1 aromatic heterocycles. The van der Waals surface area contributed by atoms with Crippen LogP contribution in [0.3, 0.4) is 0 Å². The Kier molecular flexibility index (Phi) is 3.90. The predicted molar refractivity (Wildman–Crippen MR) is 84.8 cm³/mol. The summed E-state index contributed by atoms with van der Waals surface area (Å²) in [5, 5.41) is 0.484. The van der Waals surface area contributed by atoms with E-state index in [4.69, 9.17) is 26.8 Å². The fraction of sp³-hybridized carbons (Fsp3) is 0.133. The molecule has 1 aliphatic heterocycles. The Morgan fingerprint density at radius 3 is 2.54 bits per heavy atom. The van der Waals surface area contributed by atoms with Gasteiger partial charge in [-0.2, -0.15) is 0 Å². The Balaban J connectivity index is 2.31. The van der Waals surface area contributed by atoms with Crippen molar-refractivity contribution >= 4 is 17.6 Å². The first-order valence-electron chi connectivity index (χ1n) is 6.80. The maximum absolute atomic E-state index is 12.3. The molecule has 3 rings (SSSR count). The Bertz CT molecular complexity index is 958. The predicted octanol–water partition coefficient (Wildman–Crippen LogP) is 0.584. The van der Waals surface area contributed by atoms with Gasteiger partial charge in [0.15, 0.2) is 0 Å². The molecule has 1 aromatic carbocycles. The average Bonchev–Trinajstić information content (AvgIpc) is 2.53. The van der Waals surface area contributed by atoms with Crippen molar-refractivity contribution < 1.29 is 14.3 Å². The summed E-state index contributed by atoms with van der Waals surface area (Å²) in [4.78, 5) is 40.4. The zero-order valence-electron chi connectivity index (χ0n) is 12.4. The lowest BCUT2D eigenvalue weighted by molar-refractivity contribution is -0.136. The normalized spacial score (nSPS) is 16.3. The first kappa shape index (κ1) is 15.9. The summed E-state index contributed by atoms with van der Waals surface area (Å²) in [6.07, 6.45) is 0. The molecule has 124 valence electrons. The highest BCUT2D eigenvalue weighted by Gasteiger charge is 2.38. The van der Waals surface area contributed by atoms with E-state index in [0.717, 1.165) is 0 Å². The van der Waals surface area contributed by atoms with Gasteiger partial charge in [0.2, 0.25) is 11.8 Å². The Labute approximate surface area is 139 Å². The number of benzene rings is 1. The van der Waals surface area contributed by atoms with E-state index in [2.05, 4.69) is 9.97 Å². The molecule has 0 spiro atoms. The number of esters is 1. The first-order chi connectivity index (χ1) is 11.4. The van der Waals surface area contributed by atoms with Crippen molar-refractivity contribution in [3.8, 4) is 5.88 Å². The van der Waals surface area contributed by atoms with Gasteiger partial charge in [-0.1, -0.05) is 23.7 Å². The molecule has 2 aromatic rings. The summed E-state index contributed by atoms with van der Waals surface area (Å²) in [6.45, 7) is 0. The van der Waals surface area contributed by atoms with Gasteiger partial charge in [0, 0.05) is 5.02 Å². The maximum Gasteiger partial charge on any atom is 0.340 e. The number of hydrogen-bond acceptors (Lipinski definition) is 6. The van der Waals surface area contributed by atoms with E-state index in [9.17, 15) is 14.4 Å². The molecule has 2 heterocycles. The van der Waals surface area contributed by atoms with Crippen molar-refractivity contribution in [3.63, 3.8) is 0 Å². The third kappa shape index (κ3) is 2.56. The monoisotopic (exact) mass is 349 g/mol. The molecule has 1 unspecified atom stereocenters. The lowest BCUT2D eigenvalue weighted by Crippen LogP contribution is -2.35. The number of rotatable bonds is 2. The van der Waals surface area contributed by atoms with E-state index in [1.54, 1.807) is 24.3 Å². The summed E-state index contributed by atoms with van der Waals surface area (Å²) < 4.78 is 10.0. The molecule has 0 saturated carbocycles. The van der Waals surface area contributed by atoms with E-state index in [0.29, 0.717) is 10.6 Å². The molecule has 0 bridgehead atoms. The second-order valence-corrected chi connectivity index (χ2v) is 5.44. The summed E-state index contributed by atoms with van der Waals surface area (Å²) in [5.41, 5.74) is 4.96. The van der Waals surface area contributed by atoms with Crippen LogP contribution in [0.15, 0.2) is 45.3 Å². The van der Waals surface area contributed by atoms with Gasteiger partial charge in [0.1, 0.15) is 5.57 Å². The van der Waals surface area contributed by atoms with Gasteiger partial charge in [0.25, 0.3) is 5.56 Å². The van der Waals surface area contributed by atoms with Gasteiger partial charge < -0.3 is 15.2 Å². The van der Waals surface area contributed by atoms with Crippen LogP contribution in [0, 0.1) is 0 Å². The van der Waals surface area contributed by atoms with Crippen LogP contribution in [-0.4, -0.2) is 23.0 Å². The Hall–Kier alpha value is -3.00. The molecule has 0 radical (unpaired) electrons. The summed E-state index contributed by atoms with van der Waals surface area (Å²) in [5.74, 6) is -1.99. The van der Waals surface area contributed by atoms with E-state index in [-0.39, 0.29) is 22.9 Å². The Morgan fingerprint density at radius 2 is 1.92 bits per heavy atom. The highest BCUT2D eigenvalue weighted by molar-refractivity contribution is 6.30. The molecule has 0 amide bonds. The number of hydrogen-bond donors (Lipinski definition) is 3. The Morgan fingerprint density at radius 1 is 1.25 bits per heavy atom. The zero-order chi connectivity index (χ0) is 17.4. The molecule has 0 fully saturated rings. The second-order valence-electron chi connectivity index (χ2n) is 5.01. The number of fused-ring (bicyclic) bond motifs is 1. The van der Waals surface area contributed by atoms with Crippen molar-refractivity contribution in [3.05, 3.63) is 72.7 Å². The van der Waals surface area contributed by atoms with E-state index >= 15 is 0 Å². The van der Waals surface area contributed by atoms with E-state index in [1.165, 1.54) is 7.11 Å². The highest BCUT2D eigenvalue weighted by Crippen LogP contribution is 2.39. The van der Waals surface area contributed by atoms with Crippen molar-refractivity contribution in [2.75, 3.05) is 7.11 Å². The van der Waals surface area contributed by atoms with Gasteiger partial charge in [-0.05, 0) is 17.7 Å². The quantitative estimate of drug-likeness (QED) is 0.681. The minimum Gasteiger partial charge on any atom is -0.465 e. The molecular weight excluding hydrogens is 338 g/mol. The second kappa shape index (κ2) is 5.89. The summed E-state index contributed by atoms with van der Waals surface area (Å²) in [7, 11) is 1.19. The van der Waals surface area contributed by atoms with Crippen LogP contribution in [0.4, 0.5) is 0 Å². The van der Waals surface area contributed by atoms with Crippen LogP contribution in [0.1, 0.15) is 17.0 Å². The lowest BCUT2D eigenvalue weighted by atomic mass is 9.84. The number of nitrogens with one attached hydrogen (secondary N) is 2. The van der Waals surface area contributed by atoms with Crippen molar-refractivity contribution in [1.29, 1.82) is 0 Å². The first-order valence-corrected chi connectivity index (χ1v) is 7.18. The van der Waals surface area contributed by atoms with Gasteiger partial charge in [-0.3, -0.25) is 14.8 Å². The largest absolute Gasteiger partial charge is 0.465 e. The number of carbonyl (C=O) groups is 1. The number of ether oxygens (including phenoxy) is 2. The average molecular weight is 350 g/mol. The zero-order valence-corrected chi connectivity index (χ0v) is 13.1. The summed E-state index contributed by atoms with van der Waals surface area (Å²) >= 11 is 5.89. The fourth-order valence-electron chi connectivity index (χ4n) is 2.59. The number of H-pyrrole nitrogens is 2. The van der Waals surface area contributed by atoms with Crippen LogP contribution in [-0.2, 0) is 9.53 Å². The van der Waals surface area contributed by atoms with Crippen LogP contribution in [0.5, 0.6) is 5.88 Å². The molecule has 24 heavy (non-hydrogen) atoms. The topological polar surface area (TPSA) is 127 Å².